The molecule has 0 atom stereocenters. The van der Waals surface area contributed by atoms with Gasteiger partial charge in [-0.15, -0.1) is 11.3 Å². The number of thiophene rings is 1. The number of rotatable bonds is 5. The van der Waals surface area contributed by atoms with Crippen LogP contribution >= 0.6 is 11.3 Å². The summed E-state index contributed by atoms with van der Waals surface area (Å²) in [4.78, 5) is 30.0. The van der Waals surface area contributed by atoms with Crippen molar-refractivity contribution in [3.05, 3.63) is 84.7 Å². The van der Waals surface area contributed by atoms with Gasteiger partial charge in [-0.3, -0.25) is 9.78 Å². The van der Waals surface area contributed by atoms with Crippen LogP contribution < -0.4 is 16.0 Å². The van der Waals surface area contributed by atoms with E-state index in [1.54, 1.807) is 35.9 Å². The fourth-order valence-corrected chi connectivity index (χ4v) is 5.38. The molecule has 0 aliphatic carbocycles. The zero-order chi connectivity index (χ0) is 25.2. The fraction of sp³-hybridized carbons (Fsp3) is 0.143. The molecule has 6 rings (SSSR count). The lowest BCUT2D eigenvalue weighted by Gasteiger charge is -2.28. The van der Waals surface area contributed by atoms with Crippen molar-refractivity contribution in [3.8, 4) is 21.8 Å². The summed E-state index contributed by atoms with van der Waals surface area (Å²) >= 11 is 1.68. The van der Waals surface area contributed by atoms with E-state index in [-0.39, 0.29) is 5.91 Å². The predicted molar refractivity (Wildman–Crippen MR) is 148 cm³/mol. The van der Waals surface area contributed by atoms with Gasteiger partial charge in [-0.2, -0.15) is 0 Å². The van der Waals surface area contributed by atoms with Gasteiger partial charge in [0.25, 0.3) is 5.91 Å². The van der Waals surface area contributed by atoms with Crippen molar-refractivity contribution >= 4 is 44.7 Å². The standard InChI is InChI=1S/C28H24N6O2S/c29-21-8-6-18(7-9-21)24-16-23-25(37-24)27(34-11-13-36-14-12-34)33-26(32-23)19-3-1-5-22(15-19)31-28(35)20-4-2-10-30-17-20/h1-10,15-17H,11-14,29H2,(H,31,35). The van der Waals surface area contributed by atoms with E-state index >= 15 is 0 Å². The summed E-state index contributed by atoms with van der Waals surface area (Å²) in [6, 6.07) is 21.0. The van der Waals surface area contributed by atoms with E-state index in [2.05, 4.69) is 21.3 Å². The van der Waals surface area contributed by atoms with Crippen LogP contribution in [0, 0.1) is 0 Å². The van der Waals surface area contributed by atoms with Crippen LogP contribution in [0.4, 0.5) is 17.2 Å². The number of nitrogen functional groups attached to an aromatic ring is 1. The zero-order valence-electron chi connectivity index (χ0n) is 19.9. The van der Waals surface area contributed by atoms with E-state index in [0.717, 1.165) is 50.8 Å². The molecular weight excluding hydrogens is 484 g/mol. The number of amides is 1. The molecule has 0 radical (unpaired) electrons. The number of nitrogens with two attached hydrogens (primary N) is 1. The topological polar surface area (TPSA) is 106 Å². The van der Waals surface area contributed by atoms with Gasteiger partial charge < -0.3 is 20.7 Å². The maximum absolute atomic E-state index is 12.6. The van der Waals surface area contributed by atoms with Gasteiger partial charge in [0.2, 0.25) is 0 Å². The molecular formula is C28H24N6O2S. The van der Waals surface area contributed by atoms with Crippen LogP contribution in [-0.4, -0.2) is 47.2 Å². The predicted octanol–water partition coefficient (Wildman–Crippen LogP) is 5.09. The molecule has 3 aromatic heterocycles. The van der Waals surface area contributed by atoms with Crippen molar-refractivity contribution in [3.63, 3.8) is 0 Å². The minimum atomic E-state index is -0.221. The summed E-state index contributed by atoms with van der Waals surface area (Å²) in [6.45, 7) is 2.85. The summed E-state index contributed by atoms with van der Waals surface area (Å²) in [5.74, 6) is 1.29. The molecule has 184 valence electrons. The molecule has 0 unspecified atom stereocenters. The second-order valence-electron chi connectivity index (χ2n) is 8.69. The average molecular weight is 509 g/mol. The van der Waals surface area contributed by atoms with E-state index in [0.29, 0.717) is 30.3 Å². The maximum Gasteiger partial charge on any atom is 0.257 e. The third kappa shape index (κ3) is 4.87. The summed E-state index contributed by atoms with van der Waals surface area (Å²) in [5, 5.41) is 2.94. The quantitative estimate of drug-likeness (QED) is 0.319. The molecule has 5 aromatic rings. The Morgan fingerprint density at radius 1 is 0.973 bits per heavy atom. The van der Waals surface area contributed by atoms with Crippen LogP contribution in [0.15, 0.2) is 79.1 Å². The molecule has 2 aromatic carbocycles. The molecule has 0 bridgehead atoms. The Kier molecular flexibility index (Phi) is 6.21. The highest BCUT2D eigenvalue weighted by molar-refractivity contribution is 7.22. The summed E-state index contributed by atoms with van der Waals surface area (Å²) < 4.78 is 6.63. The van der Waals surface area contributed by atoms with Crippen molar-refractivity contribution in [1.29, 1.82) is 0 Å². The van der Waals surface area contributed by atoms with Gasteiger partial charge in [0.05, 0.1) is 29.0 Å². The van der Waals surface area contributed by atoms with Crippen LogP contribution in [0.2, 0.25) is 0 Å². The second kappa shape index (κ2) is 9.96. The molecule has 0 saturated carbocycles. The number of pyridine rings is 1. The third-order valence-corrected chi connectivity index (χ3v) is 7.33. The van der Waals surface area contributed by atoms with Crippen molar-refractivity contribution < 1.29 is 9.53 Å². The van der Waals surface area contributed by atoms with Crippen LogP contribution in [0.25, 0.3) is 32.0 Å². The van der Waals surface area contributed by atoms with Gasteiger partial charge in [-0.25, -0.2) is 9.97 Å². The van der Waals surface area contributed by atoms with E-state index < -0.39 is 0 Å². The summed E-state index contributed by atoms with van der Waals surface area (Å²) in [7, 11) is 0. The van der Waals surface area contributed by atoms with Crippen LogP contribution in [0.1, 0.15) is 10.4 Å². The van der Waals surface area contributed by atoms with Crippen LogP contribution in [-0.2, 0) is 4.74 Å². The Bertz CT molecular complexity index is 1560. The Balaban J connectivity index is 1.40. The van der Waals surface area contributed by atoms with E-state index in [4.69, 9.17) is 20.4 Å². The number of benzene rings is 2. The largest absolute Gasteiger partial charge is 0.399 e. The van der Waals surface area contributed by atoms with Crippen molar-refractivity contribution in [2.75, 3.05) is 42.3 Å². The number of fused-ring (bicyclic) bond motifs is 1. The number of hydrogen-bond donors (Lipinski definition) is 2. The SMILES string of the molecule is Nc1ccc(-c2cc3nc(-c4cccc(NC(=O)c5cccnc5)c4)nc(N4CCOCC4)c3s2)cc1. The smallest absolute Gasteiger partial charge is 0.257 e. The first-order valence-corrected chi connectivity index (χ1v) is 12.8. The summed E-state index contributed by atoms with van der Waals surface area (Å²) in [5.41, 5.74) is 10.6. The minimum Gasteiger partial charge on any atom is -0.399 e. The van der Waals surface area contributed by atoms with Crippen LogP contribution in [0.5, 0.6) is 0 Å². The van der Waals surface area contributed by atoms with Gasteiger partial charge in [-0.1, -0.05) is 24.3 Å². The van der Waals surface area contributed by atoms with Gasteiger partial charge >= 0.3 is 0 Å². The highest BCUT2D eigenvalue weighted by Gasteiger charge is 2.21. The van der Waals surface area contributed by atoms with E-state index in [1.165, 1.54) is 0 Å². The Morgan fingerprint density at radius 2 is 1.81 bits per heavy atom. The van der Waals surface area contributed by atoms with Gasteiger partial charge in [0, 0.05) is 47.3 Å². The fourth-order valence-electron chi connectivity index (χ4n) is 4.26. The van der Waals surface area contributed by atoms with Crippen molar-refractivity contribution in [2.24, 2.45) is 0 Å². The Hall–Kier alpha value is -4.34. The number of nitrogens with zero attached hydrogens (tertiary/aromatic N) is 4. The average Bonchev–Trinajstić information content (AvgIpc) is 3.38. The number of nitrogens with one attached hydrogen (secondary N) is 1. The first-order chi connectivity index (χ1) is 18.1. The Labute approximate surface area is 217 Å². The Morgan fingerprint density at radius 3 is 2.59 bits per heavy atom. The molecule has 1 aliphatic rings. The number of carbonyl (C=O) groups is 1. The maximum atomic E-state index is 12.6. The molecule has 1 fully saturated rings. The minimum absolute atomic E-state index is 0.221. The molecule has 1 amide bonds. The first kappa shape index (κ1) is 23.1. The monoisotopic (exact) mass is 508 g/mol. The van der Waals surface area contributed by atoms with Crippen molar-refractivity contribution in [2.45, 2.75) is 0 Å². The zero-order valence-corrected chi connectivity index (χ0v) is 20.7. The number of aromatic nitrogens is 3. The third-order valence-electron chi connectivity index (χ3n) is 6.16. The van der Waals surface area contributed by atoms with Crippen molar-refractivity contribution in [1.82, 2.24) is 15.0 Å². The molecule has 1 saturated heterocycles. The second-order valence-corrected chi connectivity index (χ2v) is 9.75. The number of hydrogen-bond acceptors (Lipinski definition) is 8. The highest BCUT2D eigenvalue weighted by Crippen LogP contribution is 2.39. The molecule has 4 heterocycles. The van der Waals surface area contributed by atoms with Crippen LogP contribution in [0.3, 0.4) is 0 Å². The molecule has 3 N–H and O–H groups in total. The first-order valence-electron chi connectivity index (χ1n) is 12.0. The molecule has 37 heavy (non-hydrogen) atoms. The van der Waals surface area contributed by atoms with Gasteiger partial charge in [0.15, 0.2) is 11.6 Å². The molecule has 0 spiro atoms. The number of carbonyl (C=O) groups excluding carboxylic acids is 1. The molecule has 9 heteroatoms. The lowest BCUT2D eigenvalue weighted by molar-refractivity contribution is 0.102. The van der Waals surface area contributed by atoms with Gasteiger partial charge in [-0.05, 0) is 48.0 Å². The highest BCUT2D eigenvalue weighted by atomic mass is 32.1. The summed E-state index contributed by atoms with van der Waals surface area (Å²) in [6.07, 6.45) is 3.18. The normalized spacial score (nSPS) is 13.6. The molecule has 1 aliphatic heterocycles. The lowest BCUT2D eigenvalue weighted by atomic mass is 10.1. The van der Waals surface area contributed by atoms with E-state index in [9.17, 15) is 4.79 Å². The number of anilines is 3. The number of ether oxygens (including phenoxy) is 1. The molecule has 8 nitrogen and oxygen atoms in total. The van der Waals surface area contributed by atoms with Gasteiger partial charge in [0.1, 0.15) is 0 Å². The van der Waals surface area contributed by atoms with E-state index in [1.807, 2.05) is 48.5 Å². The lowest BCUT2D eigenvalue weighted by Crippen LogP contribution is -2.36. The number of morpholine rings is 1.